The van der Waals surface area contributed by atoms with Crippen LogP contribution in [-0.2, 0) is 0 Å². The molecule has 0 aliphatic rings. The molecule has 0 saturated carbocycles. The van der Waals surface area contributed by atoms with Gasteiger partial charge in [-0.05, 0) is 46.1 Å². The number of carboxylic acid groups (broad SMARTS) is 1. The summed E-state index contributed by atoms with van der Waals surface area (Å²) in [7, 11) is 4.11. The first-order valence-corrected chi connectivity index (χ1v) is 6.84. The van der Waals surface area contributed by atoms with Crippen LogP contribution in [0.15, 0.2) is 24.3 Å². The Morgan fingerprint density at radius 3 is 2.75 bits per heavy atom. The van der Waals surface area contributed by atoms with E-state index in [1.807, 2.05) is 0 Å². The Morgan fingerprint density at radius 1 is 1.40 bits per heavy atom. The summed E-state index contributed by atoms with van der Waals surface area (Å²) in [6.07, 6.45) is 1.07. The highest BCUT2D eigenvalue weighted by atomic mass is 16.5. The first kappa shape index (κ1) is 16.5. The summed E-state index contributed by atoms with van der Waals surface area (Å²) < 4.78 is 5.52. The molecule has 0 bridgehead atoms. The van der Waals surface area contributed by atoms with Crippen LogP contribution in [0.3, 0.4) is 0 Å². The molecule has 0 fully saturated rings. The molecular weight excluding hydrogens is 256 g/mol. The lowest BCUT2D eigenvalue weighted by molar-refractivity contribution is 0.0692. The van der Waals surface area contributed by atoms with Gasteiger partial charge in [0.25, 0.3) is 0 Å². The lowest BCUT2D eigenvalue weighted by atomic mass is 10.2. The number of nitrogens with zero attached hydrogens (tertiary/aromatic N) is 1. The Balaban J connectivity index is 2.29. The Morgan fingerprint density at radius 2 is 2.10 bits per heavy atom. The van der Waals surface area contributed by atoms with Crippen LogP contribution in [0.2, 0.25) is 0 Å². The predicted molar refractivity (Wildman–Crippen MR) is 79.5 cm³/mol. The monoisotopic (exact) mass is 280 g/mol. The zero-order valence-electron chi connectivity index (χ0n) is 12.4. The van der Waals surface area contributed by atoms with Gasteiger partial charge in [0.1, 0.15) is 17.9 Å². The molecule has 0 heterocycles. The Labute approximate surface area is 120 Å². The molecule has 1 aromatic carbocycles. The molecule has 1 aromatic rings. The number of hydrogen-bond donors (Lipinski definition) is 2. The van der Waals surface area contributed by atoms with Gasteiger partial charge in [-0.15, -0.1) is 0 Å². The van der Waals surface area contributed by atoms with Crippen molar-refractivity contribution in [1.82, 2.24) is 10.2 Å². The number of rotatable bonds is 9. The van der Waals surface area contributed by atoms with Gasteiger partial charge in [-0.1, -0.05) is 12.1 Å². The van der Waals surface area contributed by atoms with E-state index >= 15 is 0 Å². The second-order valence-corrected chi connectivity index (χ2v) is 5.10. The number of carbonyl (C=O) groups is 1. The molecule has 5 nitrogen and oxygen atoms in total. The SMILES string of the molecule is CC(CCN(C)C)NCCOc1ccccc1C(=O)O. The van der Waals surface area contributed by atoms with Crippen molar-refractivity contribution >= 4 is 5.97 Å². The highest BCUT2D eigenvalue weighted by molar-refractivity contribution is 5.90. The van der Waals surface area contributed by atoms with Crippen molar-refractivity contribution in [2.24, 2.45) is 0 Å². The number of benzene rings is 1. The van der Waals surface area contributed by atoms with E-state index in [2.05, 4.69) is 31.2 Å². The summed E-state index contributed by atoms with van der Waals surface area (Å²) in [6, 6.07) is 7.10. The van der Waals surface area contributed by atoms with Gasteiger partial charge in [-0.3, -0.25) is 0 Å². The smallest absolute Gasteiger partial charge is 0.339 e. The van der Waals surface area contributed by atoms with Gasteiger partial charge in [0, 0.05) is 12.6 Å². The largest absolute Gasteiger partial charge is 0.491 e. The van der Waals surface area contributed by atoms with Crippen LogP contribution in [0, 0.1) is 0 Å². The molecule has 1 rings (SSSR count). The van der Waals surface area contributed by atoms with Gasteiger partial charge in [0.2, 0.25) is 0 Å². The highest BCUT2D eigenvalue weighted by Gasteiger charge is 2.09. The lowest BCUT2D eigenvalue weighted by Gasteiger charge is -2.17. The van der Waals surface area contributed by atoms with Gasteiger partial charge in [0.05, 0.1) is 0 Å². The molecular formula is C15H24N2O3. The Kier molecular flexibility index (Phi) is 7.04. The molecule has 5 heteroatoms. The van der Waals surface area contributed by atoms with E-state index < -0.39 is 5.97 Å². The number of ether oxygens (including phenoxy) is 1. The van der Waals surface area contributed by atoms with Gasteiger partial charge in [-0.25, -0.2) is 4.79 Å². The molecule has 0 aliphatic carbocycles. The second-order valence-electron chi connectivity index (χ2n) is 5.10. The quantitative estimate of drug-likeness (QED) is 0.674. The summed E-state index contributed by atoms with van der Waals surface area (Å²) in [5.74, 6) is -0.546. The van der Waals surface area contributed by atoms with Gasteiger partial charge in [-0.2, -0.15) is 0 Å². The zero-order chi connectivity index (χ0) is 15.0. The van der Waals surface area contributed by atoms with E-state index in [9.17, 15) is 4.79 Å². The molecule has 112 valence electrons. The Bertz CT molecular complexity index is 421. The molecule has 0 spiro atoms. The van der Waals surface area contributed by atoms with Crippen LogP contribution < -0.4 is 10.1 Å². The van der Waals surface area contributed by atoms with Crippen molar-refractivity contribution < 1.29 is 14.6 Å². The summed E-state index contributed by atoms with van der Waals surface area (Å²) in [4.78, 5) is 13.2. The van der Waals surface area contributed by atoms with Crippen LogP contribution >= 0.6 is 0 Å². The normalized spacial score (nSPS) is 12.4. The minimum atomic E-state index is -0.965. The number of aromatic carboxylic acids is 1. The van der Waals surface area contributed by atoms with E-state index in [-0.39, 0.29) is 5.56 Å². The third-order valence-electron chi connectivity index (χ3n) is 2.98. The fraction of sp³-hybridized carbons (Fsp3) is 0.533. The summed E-state index contributed by atoms with van der Waals surface area (Å²) in [5, 5.41) is 12.4. The van der Waals surface area contributed by atoms with Crippen LogP contribution in [-0.4, -0.2) is 55.8 Å². The summed E-state index contributed by atoms with van der Waals surface area (Å²) in [6.45, 7) is 4.32. The Hall–Kier alpha value is -1.59. The number of hydrogen-bond acceptors (Lipinski definition) is 4. The van der Waals surface area contributed by atoms with Crippen molar-refractivity contribution in [2.75, 3.05) is 33.8 Å². The van der Waals surface area contributed by atoms with E-state index in [1.54, 1.807) is 24.3 Å². The fourth-order valence-electron chi connectivity index (χ4n) is 1.79. The van der Waals surface area contributed by atoms with Crippen LogP contribution in [0.5, 0.6) is 5.75 Å². The first-order valence-electron chi connectivity index (χ1n) is 6.84. The van der Waals surface area contributed by atoms with E-state index in [0.717, 1.165) is 13.0 Å². The van der Waals surface area contributed by atoms with Crippen molar-refractivity contribution in [3.05, 3.63) is 29.8 Å². The average Bonchev–Trinajstić information content (AvgIpc) is 2.41. The molecule has 1 unspecified atom stereocenters. The van der Waals surface area contributed by atoms with Crippen molar-refractivity contribution in [3.63, 3.8) is 0 Å². The van der Waals surface area contributed by atoms with E-state index in [1.165, 1.54) is 0 Å². The number of para-hydroxylation sites is 1. The number of nitrogens with one attached hydrogen (secondary N) is 1. The third kappa shape index (κ3) is 6.04. The van der Waals surface area contributed by atoms with Gasteiger partial charge < -0.3 is 20.1 Å². The molecule has 0 saturated heterocycles. The van der Waals surface area contributed by atoms with Crippen LogP contribution in [0.25, 0.3) is 0 Å². The first-order chi connectivity index (χ1) is 9.50. The zero-order valence-corrected chi connectivity index (χ0v) is 12.4. The molecule has 0 aromatic heterocycles. The fourth-order valence-corrected chi connectivity index (χ4v) is 1.79. The maximum absolute atomic E-state index is 11.0. The third-order valence-corrected chi connectivity index (χ3v) is 2.98. The van der Waals surface area contributed by atoms with Crippen LogP contribution in [0.1, 0.15) is 23.7 Å². The maximum atomic E-state index is 11.0. The molecule has 1 atom stereocenters. The lowest BCUT2D eigenvalue weighted by Crippen LogP contribution is -2.32. The van der Waals surface area contributed by atoms with Crippen molar-refractivity contribution in [1.29, 1.82) is 0 Å². The molecule has 0 amide bonds. The number of carboxylic acids is 1. The van der Waals surface area contributed by atoms with Crippen LogP contribution in [0.4, 0.5) is 0 Å². The molecule has 2 N–H and O–H groups in total. The van der Waals surface area contributed by atoms with E-state index in [0.29, 0.717) is 24.9 Å². The molecule has 0 radical (unpaired) electrons. The van der Waals surface area contributed by atoms with E-state index in [4.69, 9.17) is 9.84 Å². The average molecular weight is 280 g/mol. The second kappa shape index (κ2) is 8.55. The predicted octanol–water partition coefficient (Wildman–Crippen LogP) is 1.69. The summed E-state index contributed by atoms with van der Waals surface area (Å²) >= 11 is 0. The topological polar surface area (TPSA) is 61.8 Å². The standard InChI is InChI=1S/C15H24N2O3/c1-12(8-10-17(2)3)16-9-11-20-14-7-5-4-6-13(14)15(18)19/h4-7,12,16H,8-11H2,1-3H3,(H,18,19). The minimum absolute atomic E-state index is 0.202. The molecule has 20 heavy (non-hydrogen) atoms. The van der Waals surface area contributed by atoms with Crippen molar-refractivity contribution in [3.8, 4) is 5.75 Å². The minimum Gasteiger partial charge on any atom is -0.491 e. The molecule has 0 aliphatic heterocycles. The maximum Gasteiger partial charge on any atom is 0.339 e. The van der Waals surface area contributed by atoms with Gasteiger partial charge in [0.15, 0.2) is 0 Å². The van der Waals surface area contributed by atoms with Gasteiger partial charge >= 0.3 is 5.97 Å². The van der Waals surface area contributed by atoms with Crippen molar-refractivity contribution in [2.45, 2.75) is 19.4 Å². The highest BCUT2D eigenvalue weighted by Crippen LogP contribution is 2.17. The summed E-state index contributed by atoms with van der Waals surface area (Å²) in [5.41, 5.74) is 0.202.